The van der Waals surface area contributed by atoms with Gasteiger partial charge in [-0.1, -0.05) is 12.1 Å². The zero-order valence-electron chi connectivity index (χ0n) is 12.4. The van der Waals surface area contributed by atoms with Crippen molar-refractivity contribution in [3.63, 3.8) is 0 Å². The summed E-state index contributed by atoms with van der Waals surface area (Å²) in [5, 5.41) is 0. The Labute approximate surface area is 124 Å². The van der Waals surface area contributed by atoms with Crippen LogP contribution in [0.1, 0.15) is 5.56 Å². The van der Waals surface area contributed by atoms with Crippen LogP contribution in [0.15, 0.2) is 36.4 Å². The summed E-state index contributed by atoms with van der Waals surface area (Å²) in [6.07, 6.45) is 0. The molecule has 0 aliphatic heterocycles. The van der Waals surface area contributed by atoms with Crippen molar-refractivity contribution in [2.75, 3.05) is 27.1 Å². The van der Waals surface area contributed by atoms with Gasteiger partial charge >= 0.3 is 0 Å². The first-order valence-corrected chi connectivity index (χ1v) is 6.45. The van der Waals surface area contributed by atoms with Crippen LogP contribution < -0.4 is 24.7 Å². The number of benzene rings is 2. The molecule has 2 aromatic carbocycles. The summed E-state index contributed by atoms with van der Waals surface area (Å²) in [4.78, 5) is 0. The van der Waals surface area contributed by atoms with Crippen LogP contribution >= 0.6 is 0 Å². The SMILES string of the molecule is COc1cc(COc2ccccc2N)cc(OC)c1OC. The maximum Gasteiger partial charge on any atom is 0.203 e. The molecule has 5 nitrogen and oxygen atoms in total. The second-order valence-corrected chi connectivity index (χ2v) is 4.36. The van der Waals surface area contributed by atoms with Crippen molar-refractivity contribution < 1.29 is 18.9 Å². The fourth-order valence-electron chi connectivity index (χ4n) is 1.99. The van der Waals surface area contributed by atoms with Crippen LogP contribution in [0.25, 0.3) is 0 Å². The Morgan fingerprint density at radius 3 is 2.00 bits per heavy atom. The summed E-state index contributed by atoms with van der Waals surface area (Å²) in [6, 6.07) is 11.1. The van der Waals surface area contributed by atoms with Crippen LogP contribution in [0, 0.1) is 0 Å². The first-order valence-electron chi connectivity index (χ1n) is 6.45. The fraction of sp³-hybridized carbons (Fsp3) is 0.250. The second-order valence-electron chi connectivity index (χ2n) is 4.36. The molecular weight excluding hydrogens is 270 g/mol. The molecule has 0 fully saturated rings. The molecular formula is C16H19NO4. The van der Waals surface area contributed by atoms with Crippen molar-refractivity contribution in [3.8, 4) is 23.0 Å². The molecule has 21 heavy (non-hydrogen) atoms. The Balaban J connectivity index is 2.22. The van der Waals surface area contributed by atoms with Crippen molar-refractivity contribution in [3.05, 3.63) is 42.0 Å². The van der Waals surface area contributed by atoms with Crippen LogP contribution in [-0.4, -0.2) is 21.3 Å². The first-order chi connectivity index (χ1) is 10.2. The third kappa shape index (κ3) is 3.31. The Kier molecular flexibility index (Phi) is 4.77. The fourth-order valence-corrected chi connectivity index (χ4v) is 1.99. The molecule has 0 aliphatic rings. The molecule has 0 saturated carbocycles. The number of anilines is 1. The van der Waals surface area contributed by atoms with Crippen LogP contribution in [0.5, 0.6) is 23.0 Å². The van der Waals surface area contributed by atoms with E-state index < -0.39 is 0 Å². The van der Waals surface area contributed by atoms with Gasteiger partial charge in [0.05, 0.1) is 27.0 Å². The quantitative estimate of drug-likeness (QED) is 0.828. The smallest absolute Gasteiger partial charge is 0.203 e. The molecule has 0 spiro atoms. The van der Waals surface area contributed by atoms with Crippen LogP contribution in [0.2, 0.25) is 0 Å². The van der Waals surface area contributed by atoms with Crippen LogP contribution in [-0.2, 0) is 6.61 Å². The molecule has 0 saturated heterocycles. The van der Waals surface area contributed by atoms with Gasteiger partial charge in [-0.05, 0) is 29.8 Å². The number of hydrogen-bond donors (Lipinski definition) is 1. The average molecular weight is 289 g/mol. The van der Waals surface area contributed by atoms with E-state index in [9.17, 15) is 0 Å². The van der Waals surface area contributed by atoms with E-state index in [1.807, 2.05) is 30.3 Å². The molecule has 0 aliphatic carbocycles. The maximum absolute atomic E-state index is 5.85. The molecule has 0 heterocycles. The van der Waals surface area contributed by atoms with Gasteiger partial charge in [0.25, 0.3) is 0 Å². The van der Waals surface area contributed by atoms with Gasteiger partial charge < -0.3 is 24.7 Å². The lowest BCUT2D eigenvalue weighted by Crippen LogP contribution is -2.01. The Hall–Kier alpha value is -2.56. The van der Waals surface area contributed by atoms with E-state index in [0.717, 1.165) is 5.56 Å². The zero-order chi connectivity index (χ0) is 15.2. The standard InChI is InChI=1S/C16H19NO4/c1-18-14-8-11(9-15(19-2)16(14)20-3)10-21-13-7-5-4-6-12(13)17/h4-9H,10,17H2,1-3H3. The Bertz CT molecular complexity index is 588. The normalized spacial score (nSPS) is 10.0. The number of nitrogen functional groups attached to an aromatic ring is 1. The minimum atomic E-state index is 0.352. The highest BCUT2D eigenvalue weighted by Crippen LogP contribution is 2.38. The van der Waals surface area contributed by atoms with Crippen molar-refractivity contribution >= 4 is 5.69 Å². The molecule has 0 aromatic heterocycles. The minimum absolute atomic E-state index is 0.352. The summed E-state index contributed by atoms with van der Waals surface area (Å²) in [5.74, 6) is 2.39. The number of ether oxygens (including phenoxy) is 4. The van der Waals surface area contributed by atoms with Crippen molar-refractivity contribution in [1.82, 2.24) is 0 Å². The van der Waals surface area contributed by atoms with Gasteiger partial charge in [0, 0.05) is 0 Å². The minimum Gasteiger partial charge on any atom is -0.493 e. The summed E-state index contributed by atoms with van der Waals surface area (Å²) in [5.41, 5.74) is 7.35. The van der Waals surface area contributed by atoms with E-state index in [-0.39, 0.29) is 0 Å². The lowest BCUT2D eigenvalue weighted by molar-refractivity contribution is 0.300. The highest BCUT2D eigenvalue weighted by Gasteiger charge is 2.13. The number of hydrogen-bond acceptors (Lipinski definition) is 5. The topological polar surface area (TPSA) is 62.9 Å². The largest absolute Gasteiger partial charge is 0.493 e. The van der Waals surface area contributed by atoms with Gasteiger partial charge in [-0.15, -0.1) is 0 Å². The molecule has 0 radical (unpaired) electrons. The number of para-hydroxylation sites is 2. The highest BCUT2D eigenvalue weighted by atomic mass is 16.5. The zero-order valence-corrected chi connectivity index (χ0v) is 12.4. The van der Waals surface area contributed by atoms with Gasteiger partial charge in [0.1, 0.15) is 12.4 Å². The van der Waals surface area contributed by atoms with E-state index >= 15 is 0 Å². The number of methoxy groups -OCH3 is 3. The summed E-state index contributed by atoms with van der Waals surface area (Å²) >= 11 is 0. The predicted octanol–water partition coefficient (Wildman–Crippen LogP) is 2.87. The van der Waals surface area contributed by atoms with E-state index in [1.54, 1.807) is 27.4 Å². The second kappa shape index (κ2) is 6.74. The highest BCUT2D eigenvalue weighted by molar-refractivity contribution is 5.54. The van der Waals surface area contributed by atoms with Crippen molar-refractivity contribution in [2.45, 2.75) is 6.61 Å². The molecule has 0 atom stereocenters. The number of rotatable bonds is 6. The molecule has 5 heteroatoms. The molecule has 2 N–H and O–H groups in total. The van der Waals surface area contributed by atoms with E-state index in [4.69, 9.17) is 24.7 Å². The average Bonchev–Trinajstić information content (AvgIpc) is 2.52. The lowest BCUT2D eigenvalue weighted by atomic mass is 10.2. The van der Waals surface area contributed by atoms with Crippen LogP contribution in [0.3, 0.4) is 0 Å². The van der Waals surface area contributed by atoms with Gasteiger partial charge in [-0.25, -0.2) is 0 Å². The number of nitrogens with two attached hydrogens (primary N) is 1. The summed E-state index contributed by atoms with van der Waals surface area (Å²) in [6.45, 7) is 0.352. The maximum atomic E-state index is 5.85. The van der Waals surface area contributed by atoms with Gasteiger partial charge in [-0.2, -0.15) is 0 Å². The molecule has 0 bridgehead atoms. The summed E-state index contributed by atoms with van der Waals surface area (Å²) < 4.78 is 21.6. The monoisotopic (exact) mass is 289 g/mol. The van der Waals surface area contributed by atoms with Crippen molar-refractivity contribution in [1.29, 1.82) is 0 Å². The third-order valence-corrected chi connectivity index (χ3v) is 3.04. The molecule has 2 rings (SSSR count). The Morgan fingerprint density at radius 1 is 0.857 bits per heavy atom. The Morgan fingerprint density at radius 2 is 1.48 bits per heavy atom. The summed E-state index contributed by atoms with van der Waals surface area (Å²) in [7, 11) is 4.73. The lowest BCUT2D eigenvalue weighted by Gasteiger charge is -2.15. The van der Waals surface area contributed by atoms with Gasteiger partial charge in [0.15, 0.2) is 11.5 Å². The first kappa shape index (κ1) is 14.8. The van der Waals surface area contributed by atoms with Crippen molar-refractivity contribution in [2.24, 2.45) is 0 Å². The van der Waals surface area contributed by atoms with E-state index in [1.165, 1.54) is 0 Å². The van der Waals surface area contributed by atoms with E-state index in [0.29, 0.717) is 35.3 Å². The predicted molar refractivity (Wildman–Crippen MR) is 81.3 cm³/mol. The molecule has 2 aromatic rings. The third-order valence-electron chi connectivity index (χ3n) is 3.04. The molecule has 0 unspecified atom stereocenters. The van der Waals surface area contributed by atoms with Gasteiger partial charge in [0.2, 0.25) is 5.75 Å². The van der Waals surface area contributed by atoms with Crippen LogP contribution in [0.4, 0.5) is 5.69 Å². The molecule has 0 amide bonds. The molecule has 112 valence electrons. The van der Waals surface area contributed by atoms with E-state index in [2.05, 4.69) is 0 Å². The van der Waals surface area contributed by atoms with Gasteiger partial charge in [-0.3, -0.25) is 0 Å².